The topological polar surface area (TPSA) is 23.6 Å². The average Bonchev–Trinajstić information content (AvgIpc) is 2.72. The highest BCUT2D eigenvalue weighted by molar-refractivity contribution is 7.99. The molecule has 2 fully saturated rings. The van der Waals surface area contributed by atoms with E-state index in [1.807, 2.05) is 20.8 Å². The van der Waals surface area contributed by atoms with Crippen molar-refractivity contribution in [2.24, 2.45) is 5.41 Å². The van der Waals surface area contributed by atoms with Gasteiger partial charge in [-0.25, -0.2) is 0 Å². The quantitative estimate of drug-likeness (QED) is 0.729. The van der Waals surface area contributed by atoms with Gasteiger partial charge in [0.2, 0.25) is 5.91 Å². The molecule has 0 spiro atoms. The van der Waals surface area contributed by atoms with E-state index in [0.29, 0.717) is 5.91 Å². The van der Waals surface area contributed by atoms with Crippen molar-refractivity contribution in [3.05, 3.63) is 0 Å². The van der Waals surface area contributed by atoms with E-state index in [2.05, 4.69) is 21.6 Å². The summed E-state index contributed by atoms with van der Waals surface area (Å²) >= 11 is 2.07. The summed E-state index contributed by atoms with van der Waals surface area (Å²) in [6.07, 6.45) is 2.46. The zero-order valence-corrected chi connectivity index (χ0v) is 12.8. The first-order valence-corrected chi connectivity index (χ1v) is 8.25. The molecule has 1 atom stereocenters. The molecule has 4 heteroatoms. The third kappa shape index (κ3) is 3.41. The van der Waals surface area contributed by atoms with Gasteiger partial charge in [0.1, 0.15) is 0 Å². The number of carbonyl (C=O) groups is 1. The highest BCUT2D eigenvalue weighted by Crippen LogP contribution is 2.24. The summed E-state index contributed by atoms with van der Waals surface area (Å²) < 4.78 is 0. The number of thioether (sulfide) groups is 1. The maximum absolute atomic E-state index is 12.3. The molecule has 3 nitrogen and oxygen atoms in total. The molecule has 18 heavy (non-hydrogen) atoms. The number of hydrogen-bond donors (Lipinski definition) is 0. The normalized spacial score (nSPS) is 27.3. The molecular weight excluding hydrogens is 244 g/mol. The summed E-state index contributed by atoms with van der Waals surface area (Å²) in [5.74, 6) is 2.91. The number of nitrogens with zero attached hydrogens (tertiary/aromatic N) is 2. The molecule has 0 saturated carbocycles. The highest BCUT2D eigenvalue weighted by Gasteiger charge is 2.30. The Morgan fingerprint density at radius 3 is 2.56 bits per heavy atom. The predicted molar refractivity (Wildman–Crippen MR) is 78.0 cm³/mol. The molecule has 0 aromatic heterocycles. The van der Waals surface area contributed by atoms with E-state index in [-0.39, 0.29) is 5.41 Å². The molecule has 2 aliphatic rings. The molecule has 2 rings (SSSR count). The fraction of sp³-hybridized carbons (Fsp3) is 0.929. The maximum atomic E-state index is 12.3. The van der Waals surface area contributed by atoms with Crippen molar-refractivity contribution in [2.45, 2.75) is 39.7 Å². The summed E-state index contributed by atoms with van der Waals surface area (Å²) in [7, 11) is 0. The molecule has 0 radical (unpaired) electrons. The third-order valence-corrected chi connectivity index (χ3v) is 5.03. The van der Waals surface area contributed by atoms with Gasteiger partial charge in [0.05, 0.1) is 0 Å². The van der Waals surface area contributed by atoms with Crippen molar-refractivity contribution in [3.63, 3.8) is 0 Å². The largest absolute Gasteiger partial charge is 0.341 e. The van der Waals surface area contributed by atoms with Crippen molar-refractivity contribution in [3.8, 4) is 0 Å². The molecule has 0 aliphatic carbocycles. The second kappa shape index (κ2) is 5.83. The molecule has 1 amide bonds. The lowest BCUT2D eigenvalue weighted by molar-refractivity contribution is -0.139. The first-order valence-electron chi connectivity index (χ1n) is 7.09. The Kier molecular flexibility index (Phi) is 4.59. The van der Waals surface area contributed by atoms with Crippen LogP contribution in [0, 0.1) is 5.41 Å². The standard InChI is InChI=1S/C14H26N2OS/c1-14(2,3)13(17)16-7-4-6-15(8-9-16)12-5-10-18-11-12/h12H,4-11H2,1-3H3. The Morgan fingerprint density at radius 1 is 1.17 bits per heavy atom. The predicted octanol–water partition coefficient (Wildman–Crippen LogP) is 2.07. The Hall–Kier alpha value is -0.220. The van der Waals surface area contributed by atoms with Crippen LogP contribution in [0.5, 0.6) is 0 Å². The molecule has 0 N–H and O–H groups in total. The summed E-state index contributed by atoms with van der Waals surface area (Å²) in [6, 6.07) is 0.764. The summed E-state index contributed by atoms with van der Waals surface area (Å²) in [5.41, 5.74) is -0.238. The van der Waals surface area contributed by atoms with E-state index < -0.39 is 0 Å². The van der Waals surface area contributed by atoms with Gasteiger partial charge in [-0.05, 0) is 18.6 Å². The van der Waals surface area contributed by atoms with Crippen molar-refractivity contribution < 1.29 is 4.79 Å². The molecule has 104 valence electrons. The molecule has 0 aromatic rings. The van der Waals surface area contributed by atoms with Crippen LogP contribution in [0.15, 0.2) is 0 Å². The van der Waals surface area contributed by atoms with Crippen LogP contribution in [-0.2, 0) is 4.79 Å². The fourth-order valence-corrected chi connectivity index (χ4v) is 4.05. The SMILES string of the molecule is CC(C)(C)C(=O)N1CCCN(C2CCSC2)CC1. The van der Waals surface area contributed by atoms with Crippen molar-refractivity contribution in [1.82, 2.24) is 9.80 Å². The van der Waals surface area contributed by atoms with Crippen LogP contribution in [0.25, 0.3) is 0 Å². The summed E-state index contributed by atoms with van der Waals surface area (Å²) in [4.78, 5) is 17.0. The lowest BCUT2D eigenvalue weighted by Crippen LogP contribution is -2.43. The molecule has 1 unspecified atom stereocenters. The van der Waals surface area contributed by atoms with E-state index in [1.54, 1.807) is 0 Å². The minimum absolute atomic E-state index is 0.238. The molecular formula is C14H26N2OS. The lowest BCUT2D eigenvalue weighted by Gasteiger charge is -2.29. The van der Waals surface area contributed by atoms with Crippen molar-refractivity contribution in [1.29, 1.82) is 0 Å². The van der Waals surface area contributed by atoms with Gasteiger partial charge < -0.3 is 4.90 Å². The zero-order valence-electron chi connectivity index (χ0n) is 11.9. The Morgan fingerprint density at radius 2 is 1.94 bits per heavy atom. The lowest BCUT2D eigenvalue weighted by atomic mass is 9.94. The van der Waals surface area contributed by atoms with Crippen LogP contribution in [0.2, 0.25) is 0 Å². The van der Waals surface area contributed by atoms with Crippen LogP contribution in [0.4, 0.5) is 0 Å². The number of carbonyl (C=O) groups excluding carboxylic acids is 1. The fourth-order valence-electron chi connectivity index (χ4n) is 2.79. The van der Waals surface area contributed by atoms with Gasteiger partial charge in [0.15, 0.2) is 0 Å². The third-order valence-electron chi connectivity index (χ3n) is 3.88. The molecule has 0 bridgehead atoms. The van der Waals surface area contributed by atoms with E-state index >= 15 is 0 Å². The van der Waals surface area contributed by atoms with Crippen molar-refractivity contribution >= 4 is 17.7 Å². The second-order valence-corrected chi connectivity index (χ2v) is 7.60. The molecule has 2 saturated heterocycles. The van der Waals surface area contributed by atoms with E-state index in [9.17, 15) is 4.79 Å². The number of amides is 1. The Labute approximate surface area is 115 Å². The Bertz CT molecular complexity index is 295. The van der Waals surface area contributed by atoms with Crippen LogP contribution in [0.3, 0.4) is 0 Å². The van der Waals surface area contributed by atoms with Crippen LogP contribution in [0.1, 0.15) is 33.6 Å². The minimum atomic E-state index is -0.238. The highest BCUT2D eigenvalue weighted by atomic mass is 32.2. The number of rotatable bonds is 1. The average molecular weight is 270 g/mol. The van der Waals surface area contributed by atoms with Gasteiger partial charge in [-0.1, -0.05) is 20.8 Å². The summed E-state index contributed by atoms with van der Waals surface area (Å²) in [5, 5.41) is 0. The van der Waals surface area contributed by atoms with Crippen molar-refractivity contribution in [2.75, 3.05) is 37.7 Å². The van der Waals surface area contributed by atoms with Crippen LogP contribution in [-0.4, -0.2) is 59.4 Å². The first-order chi connectivity index (χ1) is 8.48. The minimum Gasteiger partial charge on any atom is -0.341 e. The van der Waals surface area contributed by atoms with E-state index in [0.717, 1.165) is 32.1 Å². The first kappa shape index (κ1) is 14.2. The van der Waals surface area contributed by atoms with Crippen LogP contribution >= 0.6 is 11.8 Å². The van der Waals surface area contributed by atoms with Gasteiger partial charge >= 0.3 is 0 Å². The molecule has 2 heterocycles. The van der Waals surface area contributed by atoms with Gasteiger partial charge in [0, 0.05) is 43.4 Å². The maximum Gasteiger partial charge on any atom is 0.227 e. The molecule has 2 aliphatic heterocycles. The van der Waals surface area contributed by atoms with E-state index in [1.165, 1.54) is 24.5 Å². The van der Waals surface area contributed by atoms with E-state index in [4.69, 9.17) is 0 Å². The zero-order chi connectivity index (χ0) is 13.2. The monoisotopic (exact) mass is 270 g/mol. The summed E-state index contributed by atoms with van der Waals surface area (Å²) in [6.45, 7) is 10.1. The van der Waals surface area contributed by atoms with Gasteiger partial charge in [-0.2, -0.15) is 11.8 Å². The smallest absolute Gasteiger partial charge is 0.227 e. The Balaban J connectivity index is 1.90. The van der Waals surface area contributed by atoms with Gasteiger partial charge in [-0.3, -0.25) is 9.69 Å². The van der Waals surface area contributed by atoms with Crippen LogP contribution < -0.4 is 0 Å². The number of hydrogen-bond acceptors (Lipinski definition) is 3. The van der Waals surface area contributed by atoms with Gasteiger partial charge in [-0.15, -0.1) is 0 Å². The molecule has 0 aromatic carbocycles. The second-order valence-electron chi connectivity index (χ2n) is 6.45. The van der Waals surface area contributed by atoms with Gasteiger partial charge in [0.25, 0.3) is 0 Å².